The summed E-state index contributed by atoms with van der Waals surface area (Å²) in [6, 6.07) is 12.7. The Labute approximate surface area is 117 Å². The molecule has 1 unspecified atom stereocenters. The lowest BCUT2D eigenvalue weighted by Gasteiger charge is -2.31. The SMILES string of the molecule is NCC(c1cccs1)N1CCCOc2ccccc21. The molecule has 0 saturated carbocycles. The Morgan fingerprint density at radius 1 is 1.26 bits per heavy atom. The quantitative estimate of drug-likeness (QED) is 0.935. The normalized spacial score (nSPS) is 16.4. The van der Waals surface area contributed by atoms with Crippen molar-refractivity contribution in [3.05, 3.63) is 46.7 Å². The van der Waals surface area contributed by atoms with Gasteiger partial charge in [0.25, 0.3) is 0 Å². The molecule has 1 aromatic carbocycles. The van der Waals surface area contributed by atoms with Crippen LogP contribution in [-0.4, -0.2) is 19.7 Å². The van der Waals surface area contributed by atoms with Crippen LogP contribution in [0, 0.1) is 0 Å². The van der Waals surface area contributed by atoms with Gasteiger partial charge < -0.3 is 15.4 Å². The van der Waals surface area contributed by atoms with Crippen molar-refractivity contribution in [3.8, 4) is 5.75 Å². The van der Waals surface area contributed by atoms with Gasteiger partial charge in [-0.25, -0.2) is 0 Å². The smallest absolute Gasteiger partial charge is 0.142 e. The number of nitrogens with zero attached hydrogens (tertiary/aromatic N) is 1. The first-order chi connectivity index (χ1) is 9.40. The maximum absolute atomic E-state index is 6.03. The van der Waals surface area contributed by atoms with E-state index in [2.05, 4.69) is 34.5 Å². The van der Waals surface area contributed by atoms with E-state index in [0.717, 1.165) is 31.0 Å². The summed E-state index contributed by atoms with van der Waals surface area (Å²) in [7, 11) is 0. The molecule has 0 spiro atoms. The summed E-state index contributed by atoms with van der Waals surface area (Å²) in [5.41, 5.74) is 7.18. The van der Waals surface area contributed by atoms with Gasteiger partial charge in [-0.2, -0.15) is 0 Å². The number of para-hydroxylation sites is 2. The van der Waals surface area contributed by atoms with Crippen molar-refractivity contribution in [1.29, 1.82) is 0 Å². The molecule has 19 heavy (non-hydrogen) atoms. The minimum absolute atomic E-state index is 0.239. The molecule has 2 N–H and O–H groups in total. The Morgan fingerprint density at radius 3 is 2.95 bits per heavy atom. The minimum Gasteiger partial charge on any atom is -0.491 e. The lowest BCUT2D eigenvalue weighted by atomic mass is 10.1. The lowest BCUT2D eigenvalue weighted by Crippen LogP contribution is -2.33. The van der Waals surface area contributed by atoms with Gasteiger partial charge in [0, 0.05) is 18.0 Å². The van der Waals surface area contributed by atoms with Gasteiger partial charge in [0.15, 0.2) is 0 Å². The standard InChI is InChI=1S/C15H18N2OS/c16-11-13(15-7-3-10-19-15)17-8-4-9-18-14-6-2-1-5-12(14)17/h1-3,5-7,10,13H,4,8-9,11,16H2. The van der Waals surface area contributed by atoms with Crippen molar-refractivity contribution >= 4 is 17.0 Å². The van der Waals surface area contributed by atoms with Crippen LogP contribution in [0.5, 0.6) is 5.75 Å². The maximum atomic E-state index is 6.03. The van der Waals surface area contributed by atoms with Crippen LogP contribution in [0.15, 0.2) is 41.8 Å². The van der Waals surface area contributed by atoms with E-state index >= 15 is 0 Å². The van der Waals surface area contributed by atoms with Crippen LogP contribution < -0.4 is 15.4 Å². The molecule has 3 rings (SSSR count). The molecule has 0 fully saturated rings. The molecule has 100 valence electrons. The van der Waals surface area contributed by atoms with Gasteiger partial charge in [-0.3, -0.25) is 0 Å². The van der Waals surface area contributed by atoms with Gasteiger partial charge >= 0.3 is 0 Å². The third-order valence-electron chi connectivity index (χ3n) is 3.45. The number of benzene rings is 1. The highest BCUT2D eigenvalue weighted by Gasteiger charge is 2.24. The van der Waals surface area contributed by atoms with Crippen LogP contribution in [0.4, 0.5) is 5.69 Å². The number of thiophene rings is 1. The Morgan fingerprint density at radius 2 is 2.16 bits per heavy atom. The molecule has 1 atom stereocenters. The molecule has 4 heteroatoms. The molecular formula is C15H18N2OS. The average molecular weight is 274 g/mol. The van der Waals surface area contributed by atoms with Gasteiger partial charge in [0.05, 0.1) is 18.3 Å². The summed E-state index contributed by atoms with van der Waals surface area (Å²) >= 11 is 1.77. The number of rotatable bonds is 3. The van der Waals surface area contributed by atoms with Crippen LogP contribution in [0.2, 0.25) is 0 Å². The van der Waals surface area contributed by atoms with Gasteiger partial charge in [0.1, 0.15) is 5.75 Å². The van der Waals surface area contributed by atoms with Crippen molar-refractivity contribution in [2.24, 2.45) is 5.73 Å². The third kappa shape index (κ3) is 2.46. The molecule has 0 radical (unpaired) electrons. The number of nitrogens with two attached hydrogens (primary N) is 1. The zero-order valence-corrected chi connectivity index (χ0v) is 11.6. The number of ether oxygens (including phenoxy) is 1. The van der Waals surface area contributed by atoms with Crippen LogP contribution in [0.1, 0.15) is 17.3 Å². The molecule has 1 aliphatic heterocycles. The van der Waals surface area contributed by atoms with E-state index in [1.165, 1.54) is 4.88 Å². The summed E-state index contributed by atoms with van der Waals surface area (Å²) in [4.78, 5) is 3.70. The second kappa shape index (κ2) is 5.63. The Hall–Kier alpha value is -1.52. The van der Waals surface area contributed by atoms with Crippen LogP contribution in [0.25, 0.3) is 0 Å². The summed E-state index contributed by atoms with van der Waals surface area (Å²) in [6.45, 7) is 2.38. The van der Waals surface area contributed by atoms with Crippen molar-refractivity contribution in [1.82, 2.24) is 0 Å². The summed E-state index contributed by atoms with van der Waals surface area (Å²) in [5.74, 6) is 0.968. The summed E-state index contributed by atoms with van der Waals surface area (Å²) in [5, 5.41) is 2.11. The Kier molecular flexibility index (Phi) is 3.71. The molecule has 0 bridgehead atoms. The molecule has 0 saturated heterocycles. The fourth-order valence-electron chi connectivity index (χ4n) is 2.56. The van der Waals surface area contributed by atoms with Gasteiger partial charge in [-0.1, -0.05) is 18.2 Å². The van der Waals surface area contributed by atoms with Gasteiger partial charge in [-0.05, 0) is 30.0 Å². The topological polar surface area (TPSA) is 38.5 Å². The summed E-state index contributed by atoms with van der Waals surface area (Å²) < 4.78 is 5.81. The van der Waals surface area contributed by atoms with Crippen molar-refractivity contribution in [2.45, 2.75) is 12.5 Å². The number of anilines is 1. The van der Waals surface area contributed by atoms with E-state index in [-0.39, 0.29) is 6.04 Å². The van der Waals surface area contributed by atoms with Crippen LogP contribution in [0.3, 0.4) is 0 Å². The predicted molar refractivity (Wildman–Crippen MR) is 80.0 cm³/mol. The highest BCUT2D eigenvalue weighted by atomic mass is 32.1. The van der Waals surface area contributed by atoms with Gasteiger partial charge in [0.2, 0.25) is 0 Å². The highest BCUT2D eigenvalue weighted by molar-refractivity contribution is 7.10. The van der Waals surface area contributed by atoms with Crippen molar-refractivity contribution < 1.29 is 4.74 Å². The fraction of sp³-hybridized carbons (Fsp3) is 0.333. The van der Waals surface area contributed by atoms with Crippen molar-refractivity contribution in [2.75, 3.05) is 24.6 Å². The molecule has 2 aromatic rings. The number of hydrogen-bond donors (Lipinski definition) is 1. The zero-order chi connectivity index (χ0) is 13.1. The second-order valence-corrected chi connectivity index (χ2v) is 5.61. The summed E-state index contributed by atoms with van der Waals surface area (Å²) in [6.07, 6.45) is 1.02. The zero-order valence-electron chi connectivity index (χ0n) is 10.8. The average Bonchev–Trinajstić information content (AvgIpc) is 2.88. The molecule has 1 aliphatic rings. The molecule has 3 nitrogen and oxygen atoms in total. The van der Waals surface area contributed by atoms with Gasteiger partial charge in [-0.15, -0.1) is 11.3 Å². The number of fused-ring (bicyclic) bond motifs is 1. The van der Waals surface area contributed by atoms with E-state index in [0.29, 0.717) is 6.54 Å². The fourth-order valence-corrected chi connectivity index (χ4v) is 3.41. The molecular weight excluding hydrogens is 256 g/mol. The second-order valence-electron chi connectivity index (χ2n) is 4.63. The molecule has 0 aliphatic carbocycles. The first-order valence-corrected chi connectivity index (χ1v) is 7.50. The first kappa shape index (κ1) is 12.5. The maximum Gasteiger partial charge on any atom is 0.142 e. The van der Waals surface area contributed by atoms with Crippen molar-refractivity contribution in [3.63, 3.8) is 0 Å². The lowest BCUT2D eigenvalue weighted by molar-refractivity contribution is 0.322. The van der Waals surface area contributed by atoms with E-state index in [1.807, 2.05) is 12.1 Å². The van der Waals surface area contributed by atoms with E-state index in [4.69, 9.17) is 10.5 Å². The van der Waals surface area contributed by atoms with Crippen LogP contribution >= 0.6 is 11.3 Å². The molecule has 1 aromatic heterocycles. The van der Waals surface area contributed by atoms with Crippen LogP contribution in [-0.2, 0) is 0 Å². The molecule has 0 amide bonds. The minimum atomic E-state index is 0.239. The highest BCUT2D eigenvalue weighted by Crippen LogP contribution is 2.36. The van der Waals surface area contributed by atoms with E-state index in [1.54, 1.807) is 11.3 Å². The Balaban J connectivity index is 1.99. The van der Waals surface area contributed by atoms with E-state index in [9.17, 15) is 0 Å². The third-order valence-corrected chi connectivity index (χ3v) is 4.42. The first-order valence-electron chi connectivity index (χ1n) is 6.62. The largest absolute Gasteiger partial charge is 0.491 e. The monoisotopic (exact) mass is 274 g/mol. The Bertz CT molecular complexity index is 527. The predicted octanol–water partition coefficient (Wildman–Crippen LogP) is 3.04. The number of hydrogen-bond acceptors (Lipinski definition) is 4. The van der Waals surface area contributed by atoms with E-state index < -0.39 is 0 Å². The molecule has 2 heterocycles.